The third-order valence-corrected chi connectivity index (χ3v) is 3.93. The molecule has 0 aromatic heterocycles. The maximum atomic E-state index is 12.1. The van der Waals surface area contributed by atoms with Crippen molar-refractivity contribution in [2.24, 2.45) is 5.92 Å². The zero-order valence-electron chi connectivity index (χ0n) is 13.3. The van der Waals surface area contributed by atoms with E-state index in [0.717, 1.165) is 12.1 Å². The van der Waals surface area contributed by atoms with Crippen LogP contribution in [0, 0.1) is 19.8 Å². The molecule has 1 aliphatic heterocycles. The van der Waals surface area contributed by atoms with Crippen molar-refractivity contribution in [2.75, 3.05) is 13.1 Å². The summed E-state index contributed by atoms with van der Waals surface area (Å²) in [5.74, 6) is -0.286. The SMILES string of the molecule is CCNC(CN1C(=O)CC(C)C1=O)c1cc(C)cc(C)c1. The molecule has 4 heteroatoms. The van der Waals surface area contributed by atoms with Crippen molar-refractivity contribution < 1.29 is 9.59 Å². The van der Waals surface area contributed by atoms with Gasteiger partial charge in [-0.25, -0.2) is 0 Å². The molecule has 4 nitrogen and oxygen atoms in total. The van der Waals surface area contributed by atoms with Gasteiger partial charge in [0, 0.05) is 18.9 Å². The molecule has 21 heavy (non-hydrogen) atoms. The predicted octanol–water partition coefficient (Wildman–Crippen LogP) is 2.35. The monoisotopic (exact) mass is 288 g/mol. The van der Waals surface area contributed by atoms with Crippen molar-refractivity contribution in [1.29, 1.82) is 0 Å². The Hall–Kier alpha value is -1.68. The highest BCUT2D eigenvalue weighted by Crippen LogP contribution is 2.24. The molecule has 2 unspecified atom stereocenters. The topological polar surface area (TPSA) is 49.4 Å². The Morgan fingerprint density at radius 1 is 1.24 bits per heavy atom. The summed E-state index contributed by atoms with van der Waals surface area (Å²) in [4.78, 5) is 25.5. The Labute approximate surface area is 126 Å². The van der Waals surface area contributed by atoms with E-state index in [4.69, 9.17) is 0 Å². The van der Waals surface area contributed by atoms with E-state index < -0.39 is 0 Å². The van der Waals surface area contributed by atoms with E-state index in [2.05, 4.69) is 37.4 Å². The average Bonchev–Trinajstić information content (AvgIpc) is 2.63. The normalized spacial score (nSPS) is 20.2. The van der Waals surface area contributed by atoms with E-state index in [1.807, 2.05) is 13.8 Å². The summed E-state index contributed by atoms with van der Waals surface area (Å²) in [6, 6.07) is 6.36. The summed E-state index contributed by atoms with van der Waals surface area (Å²) < 4.78 is 0. The molecule has 0 spiro atoms. The summed E-state index contributed by atoms with van der Waals surface area (Å²) >= 11 is 0. The third kappa shape index (κ3) is 3.50. The molecule has 0 saturated carbocycles. The van der Waals surface area contributed by atoms with E-state index in [0.29, 0.717) is 13.0 Å². The number of hydrogen-bond donors (Lipinski definition) is 1. The van der Waals surface area contributed by atoms with Crippen molar-refractivity contribution >= 4 is 11.8 Å². The van der Waals surface area contributed by atoms with Crippen LogP contribution in [0.15, 0.2) is 18.2 Å². The molecule has 2 amide bonds. The van der Waals surface area contributed by atoms with Gasteiger partial charge in [-0.2, -0.15) is 0 Å². The number of likely N-dealkylation sites (tertiary alicyclic amines) is 1. The largest absolute Gasteiger partial charge is 0.309 e. The lowest BCUT2D eigenvalue weighted by molar-refractivity contribution is -0.139. The first-order chi connectivity index (χ1) is 9.92. The first-order valence-corrected chi connectivity index (χ1v) is 7.58. The maximum absolute atomic E-state index is 12.1. The molecule has 0 aliphatic carbocycles. The standard InChI is InChI=1S/C17H24N2O2/c1-5-18-15(14-7-11(2)6-12(3)8-14)10-19-16(20)9-13(4)17(19)21/h6-8,13,15,18H,5,9-10H2,1-4H3. The second kappa shape index (κ2) is 6.39. The first kappa shape index (κ1) is 15.7. The third-order valence-electron chi connectivity index (χ3n) is 3.93. The number of nitrogens with zero attached hydrogens (tertiary/aromatic N) is 1. The molecule has 1 saturated heterocycles. The number of nitrogens with one attached hydrogen (secondary N) is 1. The minimum absolute atomic E-state index is 0.00759. The fourth-order valence-electron chi connectivity index (χ4n) is 2.97. The van der Waals surface area contributed by atoms with Crippen LogP contribution in [-0.4, -0.2) is 29.8 Å². The molecule has 1 fully saturated rings. The Balaban J connectivity index is 2.23. The van der Waals surface area contributed by atoms with Crippen LogP contribution in [0.5, 0.6) is 0 Å². The molecule has 2 rings (SSSR count). The van der Waals surface area contributed by atoms with Crippen LogP contribution in [0.1, 0.15) is 43.0 Å². The van der Waals surface area contributed by atoms with Crippen molar-refractivity contribution in [3.05, 3.63) is 34.9 Å². The van der Waals surface area contributed by atoms with Crippen LogP contribution < -0.4 is 5.32 Å². The van der Waals surface area contributed by atoms with E-state index in [9.17, 15) is 9.59 Å². The van der Waals surface area contributed by atoms with Gasteiger partial charge in [0.05, 0.1) is 6.04 Å². The minimum atomic E-state index is -0.181. The van der Waals surface area contributed by atoms with E-state index in [-0.39, 0.29) is 23.8 Å². The van der Waals surface area contributed by atoms with Gasteiger partial charge in [0.25, 0.3) is 0 Å². The summed E-state index contributed by atoms with van der Waals surface area (Å²) in [7, 11) is 0. The second-order valence-corrected chi connectivity index (χ2v) is 5.98. The number of imide groups is 1. The van der Waals surface area contributed by atoms with Crippen LogP contribution in [0.25, 0.3) is 0 Å². The van der Waals surface area contributed by atoms with Crippen molar-refractivity contribution in [2.45, 2.75) is 40.2 Å². The molecule has 0 bridgehead atoms. The fraction of sp³-hybridized carbons (Fsp3) is 0.529. The molecule has 1 aliphatic rings. The van der Waals surface area contributed by atoms with Gasteiger partial charge < -0.3 is 5.32 Å². The van der Waals surface area contributed by atoms with Crippen molar-refractivity contribution in [1.82, 2.24) is 10.2 Å². The maximum Gasteiger partial charge on any atom is 0.232 e. The number of carbonyl (C=O) groups is 2. The van der Waals surface area contributed by atoms with Crippen LogP contribution >= 0.6 is 0 Å². The van der Waals surface area contributed by atoms with Gasteiger partial charge in [-0.05, 0) is 26.0 Å². The lowest BCUT2D eigenvalue weighted by Crippen LogP contribution is -2.39. The van der Waals surface area contributed by atoms with Gasteiger partial charge in [0.2, 0.25) is 11.8 Å². The summed E-state index contributed by atoms with van der Waals surface area (Å²) in [6.45, 7) is 9.19. The van der Waals surface area contributed by atoms with Gasteiger partial charge in [0.15, 0.2) is 0 Å². The Morgan fingerprint density at radius 2 is 1.86 bits per heavy atom. The number of likely N-dealkylation sites (N-methyl/N-ethyl adjacent to an activating group) is 1. The Morgan fingerprint density at radius 3 is 2.33 bits per heavy atom. The number of benzene rings is 1. The number of rotatable bonds is 5. The lowest BCUT2D eigenvalue weighted by atomic mass is 10.0. The van der Waals surface area contributed by atoms with Gasteiger partial charge in [-0.15, -0.1) is 0 Å². The summed E-state index contributed by atoms with van der Waals surface area (Å²) in [6.07, 6.45) is 0.338. The van der Waals surface area contributed by atoms with Gasteiger partial charge in [0.1, 0.15) is 0 Å². The second-order valence-electron chi connectivity index (χ2n) is 5.98. The van der Waals surface area contributed by atoms with Crippen molar-refractivity contribution in [3.63, 3.8) is 0 Å². The molecule has 114 valence electrons. The fourth-order valence-corrected chi connectivity index (χ4v) is 2.97. The minimum Gasteiger partial charge on any atom is -0.309 e. The summed E-state index contributed by atoms with van der Waals surface area (Å²) in [5, 5.41) is 3.39. The van der Waals surface area contributed by atoms with E-state index >= 15 is 0 Å². The Kier molecular flexibility index (Phi) is 4.78. The first-order valence-electron chi connectivity index (χ1n) is 7.58. The van der Waals surface area contributed by atoms with Crippen LogP contribution in [0.2, 0.25) is 0 Å². The quantitative estimate of drug-likeness (QED) is 0.846. The van der Waals surface area contributed by atoms with E-state index in [1.165, 1.54) is 16.0 Å². The highest BCUT2D eigenvalue weighted by molar-refractivity contribution is 6.03. The molecule has 1 aromatic rings. The van der Waals surface area contributed by atoms with E-state index in [1.54, 1.807) is 0 Å². The highest BCUT2D eigenvalue weighted by atomic mass is 16.2. The predicted molar refractivity (Wildman–Crippen MR) is 82.8 cm³/mol. The molecule has 1 N–H and O–H groups in total. The molecule has 0 radical (unpaired) electrons. The Bertz CT molecular complexity index is 533. The zero-order valence-corrected chi connectivity index (χ0v) is 13.3. The zero-order chi connectivity index (χ0) is 15.6. The molecule has 1 heterocycles. The van der Waals surface area contributed by atoms with Gasteiger partial charge in [-0.3, -0.25) is 14.5 Å². The van der Waals surface area contributed by atoms with Gasteiger partial charge >= 0.3 is 0 Å². The number of amides is 2. The highest BCUT2D eigenvalue weighted by Gasteiger charge is 2.36. The number of hydrogen-bond acceptors (Lipinski definition) is 3. The van der Waals surface area contributed by atoms with Crippen LogP contribution in [-0.2, 0) is 9.59 Å². The number of carbonyl (C=O) groups excluding carboxylic acids is 2. The van der Waals surface area contributed by atoms with Crippen molar-refractivity contribution in [3.8, 4) is 0 Å². The van der Waals surface area contributed by atoms with Crippen LogP contribution in [0.4, 0.5) is 0 Å². The molecule has 2 atom stereocenters. The number of aryl methyl sites for hydroxylation is 2. The van der Waals surface area contributed by atoms with Gasteiger partial charge in [-0.1, -0.05) is 43.2 Å². The molecular weight excluding hydrogens is 264 g/mol. The molecular formula is C17H24N2O2. The van der Waals surface area contributed by atoms with Crippen LogP contribution in [0.3, 0.4) is 0 Å². The smallest absolute Gasteiger partial charge is 0.232 e. The summed E-state index contributed by atoms with van der Waals surface area (Å²) in [5.41, 5.74) is 3.52. The molecule has 1 aromatic carbocycles. The lowest BCUT2D eigenvalue weighted by Gasteiger charge is -2.24. The average molecular weight is 288 g/mol.